The molecular weight excluding hydrogens is 477 g/mol. The molecule has 3 aromatic rings. The SMILES string of the molecule is Fc1ccc2nc(-c3ccc(N4CCC(OC5CCCCC5)CC4)nc3)[nH]c2c1.O=CNSC1CC1. The van der Waals surface area contributed by atoms with Crippen LogP contribution in [0.5, 0.6) is 0 Å². The summed E-state index contributed by atoms with van der Waals surface area (Å²) >= 11 is 1.52. The van der Waals surface area contributed by atoms with Crippen molar-refractivity contribution in [1.82, 2.24) is 19.7 Å². The molecule has 1 amide bonds. The topological polar surface area (TPSA) is 83.1 Å². The maximum Gasteiger partial charge on any atom is 0.216 e. The summed E-state index contributed by atoms with van der Waals surface area (Å²) in [6, 6.07) is 8.65. The molecule has 0 unspecified atom stereocenters. The largest absolute Gasteiger partial charge is 0.375 e. The number of nitrogens with one attached hydrogen (secondary N) is 2. The highest BCUT2D eigenvalue weighted by Gasteiger charge is 2.24. The second-order valence-corrected chi connectivity index (χ2v) is 10.9. The normalized spacial score (nSPS) is 19.1. The van der Waals surface area contributed by atoms with Crippen LogP contribution in [0, 0.1) is 5.82 Å². The van der Waals surface area contributed by atoms with Crippen LogP contribution in [0.2, 0.25) is 0 Å². The van der Waals surface area contributed by atoms with E-state index < -0.39 is 0 Å². The van der Waals surface area contributed by atoms with Gasteiger partial charge in [0, 0.05) is 30.1 Å². The van der Waals surface area contributed by atoms with E-state index in [9.17, 15) is 9.18 Å². The number of aromatic amines is 1. The molecule has 2 N–H and O–H groups in total. The van der Waals surface area contributed by atoms with Gasteiger partial charge in [-0.3, -0.25) is 4.79 Å². The maximum absolute atomic E-state index is 13.4. The molecule has 36 heavy (non-hydrogen) atoms. The van der Waals surface area contributed by atoms with E-state index in [2.05, 4.69) is 24.6 Å². The fraction of sp³-hybridized carbons (Fsp3) is 0.519. The van der Waals surface area contributed by atoms with E-state index >= 15 is 0 Å². The van der Waals surface area contributed by atoms with Gasteiger partial charge in [-0.1, -0.05) is 19.3 Å². The molecule has 1 saturated heterocycles. The first-order chi connectivity index (χ1) is 17.7. The van der Waals surface area contributed by atoms with Crippen molar-refractivity contribution in [3.05, 3.63) is 42.3 Å². The number of halogens is 1. The molecule has 3 fully saturated rings. The van der Waals surface area contributed by atoms with Crippen molar-refractivity contribution in [2.75, 3.05) is 18.0 Å². The standard InChI is InChI=1S/C23H27FN4O.C4H7NOS/c24-17-7-8-20-21(14-17)27-23(26-20)16-6-9-22(25-15-16)28-12-10-19(11-13-28)29-18-4-2-1-3-5-18;6-3-5-7-4-1-2-4/h6-9,14-15,18-19H,1-5,10-13H2,(H,26,27);3-4H,1-2H2,(H,5,6). The summed E-state index contributed by atoms with van der Waals surface area (Å²) in [5, 5.41) is 0.727. The molecule has 3 heterocycles. The second-order valence-electron chi connectivity index (χ2n) is 9.79. The zero-order valence-corrected chi connectivity index (χ0v) is 21.3. The Morgan fingerprint density at radius 2 is 1.81 bits per heavy atom. The average molecular weight is 512 g/mol. The number of carbonyl (C=O) groups excluding carboxylic acids is 1. The Balaban J connectivity index is 0.000000330. The second kappa shape index (κ2) is 12.1. The highest BCUT2D eigenvalue weighted by atomic mass is 32.2. The fourth-order valence-corrected chi connectivity index (χ4v) is 5.46. The Bertz CT molecular complexity index is 1120. The monoisotopic (exact) mass is 511 g/mol. The van der Waals surface area contributed by atoms with Crippen LogP contribution in [-0.4, -0.2) is 51.9 Å². The smallest absolute Gasteiger partial charge is 0.216 e. The molecule has 2 saturated carbocycles. The van der Waals surface area contributed by atoms with Crippen molar-refractivity contribution in [2.45, 2.75) is 75.2 Å². The summed E-state index contributed by atoms with van der Waals surface area (Å²) < 4.78 is 22.3. The molecule has 3 aliphatic rings. The summed E-state index contributed by atoms with van der Waals surface area (Å²) in [6.45, 7) is 1.96. The number of benzene rings is 1. The first-order valence-corrected chi connectivity index (χ1v) is 13.9. The average Bonchev–Trinajstić information content (AvgIpc) is 3.66. The van der Waals surface area contributed by atoms with Gasteiger partial charge in [0.15, 0.2) is 0 Å². The number of nitrogens with zero attached hydrogens (tertiary/aromatic N) is 3. The van der Waals surface area contributed by atoms with Gasteiger partial charge in [0.25, 0.3) is 0 Å². The minimum atomic E-state index is -0.267. The molecule has 192 valence electrons. The Hall–Kier alpha value is -2.65. The fourth-order valence-electron chi connectivity index (χ4n) is 4.84. The van der Waals surface area contributed by atoms with Gasteiger partial charge < -0.3 is 19.3 Å². The molecule has 2 aliphatic carbocycles. The Labute approximate surface area is 215 Å². The molecule has 1 aromatic carbocycles. The van der Waals surface area contributed by atoms with Gasteiger partial charge in [-0.05, 0) is 80.8 Å². The lowest BCUT2D eigenvalue weighted by Gasteiger charge is -2.35. The highest BCUT2D eigenvalue weighted by Crippen LogP contribution is 2.31. The minimum Gasteiger partial charge on any atom is -0.375 e. The van der Waals surface area contributed by atoms with Crippen LogP contribution in [0.4, 0.5) is 10.2 Å². The number of rotatable bonds is 7. The number of aromatic nitrogens is 3. The first kappa shape index (κ1) is 25.0. The maximum atomic E-state index is 13.4. The molecule has 2 aromatic heterocycles. The van der Waals surface area contributed by atoms with Crippen LogP contribution in [0.1, 0.15) is 57.8 Å². The predicted octanol–water partition coefficient (Wildman–Crippen LogP) is 5.63. The van der Waals surface area contributed by atoms with Gasteiger partial charge >= 0.3 is 0 Å². The summed E-state index contributed by atoms with van der Waals surface area (Å²) in [7, 11) is 0. The van der Waals surface area contributed by atoms with Gasteiger partial charge in [-0.25, -0.2) is 14.4 Å². The van der Waals surface area contributed by atoms with Crippen LogP contribution >= 0.6 is 11.9 Å². The van der Waals surface area contributed by atoms with E-state index in [1.165, 1.54) is 69.0 Å². The molecule has 0 atom stereocenters. The van der Waals surface area contributed by atoms with Crippen molar-refractivity contribution >= 4 is 35.2 Å². The van der Waals surface area contributed by atoms with E-state index in [1.807, 2.05) is 18.3 Å². The van der Waals surface area contributed by atoms with Crippen LogP contribution in [0.25, 0.3) is 22.4 Å². The molecule has 0 radical (unpaired) electrons. The molecule has 0 bridgehead atoms. The lowest BCUT2D eigenvalue weighted by atomic mass is 9.97. The van der Waals surface area contributed by atoms with Crippen LogP contribution < -0.4 is 9.62 Å². The minimum absolute atomic E-state index is 0.267. The van der Waals surface area contributed by atoms with Crippen molar-refractivity contribution in [3.63, 3.8) is 0 Å². The lowest BCUT2D eigenvalue weighted by Crippen LogP contribution is -2.39. The quantitative estimate of drug-likeness (QED) is 0.316. The number of fused-ring (bicyclic) bond motifs is 1. The summed E-state index contributed by atoms with van der Waals surface area (Å²) in [4.78, 5) is 24.3. The number of imidazole rings is 1. The summed E-state index contributed by atoms with van der Waals surface area (Å²) in [5.41, 5.74) is 2.36. The third kappa shape index (κ3) is 6.76. The third-order valence-corrected chi connectivity index (χ3v) is 8.01. The Morgan fingerprint density at radius 1 is 1.03 bits per heavy atom. The molecule has 0 spiro atoms. The number of amides is 1. The van der Waals surface area contributed by atoms with Crippen molar-refractivity contribution in [1.29, 1.82) is 0 Å². The summed E-state index contributed by atoms with van der Waals surface area (Å²) in [6.07, 6.45) is 14.6. The number of ether oxygens (including phenoxy) is 1. The number of hydrogen-bond donors (Lipinski definition) is 2. The van der Waals surface area contributed by atoms with Gasteiger partial charge in [-0.2, -0.15) is 0 Å². The molecule has 7 nitrogen and oxygen atoms in total. The highest BCUT2D eigenvalue weighted by molar-refractivity contribution is 7.98. The Kier molecular flexibility index (Phi) is 8.38. The van der Waals surface area contributed by atoms with E-state index in [0.717, 1.165) is 54.5 Å². The third-order valence-electron chi connectivity index (χ3n) is 6.98. The number of anilines is 1. The van der Waals surface area contributed by atoms with E-state index in [-0.39, 0.29) is 5.82 Å². The lowest BCUT2D eigenvalue weighted by molar-refractivity contribution is -0.107. The number of H-pyrrole nitrogens is 1. The number of pyridine rings is 1. The molecule has 6 rings (SSSR count). The number of hydrogen-bond acceptors (Lipinski definition) is 6. The van der Waals surface area contributed by atoms with E-state index in [4.69, 9.17) is 4.74 Å². The van der Waals surface area contributed by atoms with E-state index in [1.54, 1.807) is 6.07 Å². The van der Waals surface area contributed by atoms with Crippen LogP contribution in [-0.2, 0) is 9.53 Å². The van der Waals surface area contributed by atoms with Gasteiger partial charge in [0.2, 0.25) is 6.41 Å². The van der Waals surface area contributed by atoms with Crippen molar-refractivity contribution in [3.8, 4) is 11.4 Å². The van der Waals surface area contributed by atoms with Gasteiger partial charge in [0.1, 0.15) is 17.5 Å². The van der Waals surface area contributed by atoms with Gasteiger partial charge in [-0.15, -0.1) is 0 Å². The summed E-state index contributed by atoms with van der Waals surface area (Å²) in [5.74, 6) is 1.44. The molecule has 9 heteroatoms. The number of carbonyl (C=O) groups is 1. The zero-order chi connectivity index (χ0) is 24.7. The van der Waals surface area contributed by atoms with Crippen LogP contribution in [0.3, 0.4) is 0 Å². The van der Waals surface area contributed by atoms with Crippen molar-refractivity contribution < 1.29 is 13.9 Å². The first-order valence-electron chi connectivity index (χ1n) is 13.0. The zero-order valence-electron chi connectivity index (χ0n) is 20.5. The van der Waals surface area contributed by atoms with Crippen molar-refractivity contribution in [2.24, 2.45) is 0 Å². The van der Waals surface area contributed by atoms with Crippen LogP contribution in [0.15, 0.2) is 36.5 Å². The van der Waals surface area contributed by atoms with Gasteiger partial charge in [0.05, 0.1) is 23.2 Å². The number of piperidine rings is 1. The predicted molar refractivity (Wildman–Crippen MR) is 142 cm³/mol. The molecule has 1 aliphatic heterocycles. The Morgan fingerprint density at radius 3 is 2.50 bits per heavy atom. The van der Waals surface area contributed by atoms with E-state index in [0.29, 0.717) is 23.5 Å². The molecular formula is C27H34FN5O2S.